The number of hydrogen-bond donors (Lipinski definition) is 2. The van der Waals surface area contributed by atoms with Gasteiger partial charge < -0.3 is 15.2 Å². The molecular formula is C21H18N4O2S. The molecule has 0 radical (unpaired) electrons. The highest BCUT2D eigenvalue weighted by molar-refractivity contribution is 7.12. The van der Waals surface area contributed by atoms with E-state index in [-0.39, 0.29) is 11.8 Å². The zero-order chi connectivity index (χ0) is 19.5. The van der Waals surface area contributed by atoms with Crippen LogP contribution in [0.4, 0.5) is 5.69 Å². The molecule has 0 spiro atoms. The molecule has 0 saturated carbocycles. The molecule has 0 aliphatic carbocycles. The van der Waals surface area contributed by atoms with Crippen molar-refractivity contribution in [3.63, 3.8) is 0 Å². The summed E-state index contributed by atoms with van der Waals surface area (Å²) in [6.07, 6.45) is 0. The Morgan fingerprint density at radius 3 is 2.50 bits per heavy atom. The number of aromatic nitrogens is 2. The largest absolute Gasteiger partial charge is 0.345 e. The van der Waals surface area contributed by atoms with Crippen molar-refractivity contribution >= 4 is 39.9 Å². The lowest BCUT2D eigenvalue weighted by atomic mass is 10.2. The average molecular weight is 390 g/mol. The maximum Gasteiger partial charge on any atom is 0.265 e. The predicted molar refractivity (Wildman–Crippen MR) is 111 cm³/mol. The van der Waals surface area contributed by atoms with Gasteiger partial charge in [0, 0.05) is 18.3 Å². The third kappa shape index (κ3) is 3.65. The molecule has 4 aromatic rings. The van der Waals surface area contributed by atoms with Crippen molar-refractivity contribution in [3.8, 4) is 0 Å². The lowest BCUT2D eigenvalue weighted by Crippen LogP contribution is -2.24. The third-order valence-corrected chi connectivity index (χ3v) is 5.31. The first-order chi connectivity index (χ1) is 13.6. The Morgan fingerprint density at radius 2 is 1.79 bits per heavy atom. The maximum absolute atomic E-state index is 12.4. The average Bonchev–Trinajstić information content (AvgIpc) is 3.36. The second-order valence-corrected chi connectivity index (χ2v) is 7.21. The zero-order valence-corrected chi connectivity index (χ0v) is 16.0. The van der Waals surface area contributed by atoms with Gasteiger partial charge in [0.2, 0.25) is 0 Å². The number of benzene rings is 2. The highest BCUT2D eigenvalue weighted by atomic mass is 32.1. The summed E-state index contributed by atoms with van der Waals surface area (Å²) in [7, 11) is 1.93. The van der Waals surface area contributed by atoms with Gasteiger partial charge in [-0.25, -0.2) is 4.98 Å². The molecule has 0 fully saturated rings. The summed E-state index contributed by atoms with van der Waals surface area (Å²) in [5.74, 6) is 0.437. The summed E-state index contributed by atoms with van der Waals surface area (Å²) in [6, 6.07) is 18.3. The van der Waals surface area contributed by atoms with Gasteiger partial charge in [0.1, 0.15) is 5.82 Å². The van der Waals surface area contributed by atoms with Crippen molar-refractivity contribution in [2.75, 3.05) is 5.32 Å². The number of fused-ring (bicyclic) bond motifs is 1. The van der Waals surface area contributed by atoms with Crippen LogP contribution in [0.5, 0.6) is 0 Å². The van der Waals surface area contributed by atoms with E-state index in [1.807, 2.05) is 47.3 Å². The number of thiophene rings is 1. The van der Waals surface area contributed by atoms with Gasteiger partial charge in [-0.3, -0.25) is 9.59 Å². The van der Waals surface area contributed by atoms with Crippen molar-refractivity contribution in [3.05, 3.63) is 82.3 Å². The molecule has 0 bridgehead atoms. The van der Waals surface area contributed by atoms with E-state index in [2.05, 4.69) is 15.6 Å². The van der Waals surface area contributed by atoms with Gasteiger partial charge in [-0.15, -0.1) is 11.3 Å². The van der Waals surface area contributed by atoms with Crippen LogP contribution < -0.4 is 10.6 Å². The van der Waals surface area contributed by atoms with Gasteiger partial charge in [-0.1, -0.05) is 18.2 Å². The minimum Gasteiger partial charge on any atom is -0.345 e. The fourth-order valence-corrected chi connectivity index (χ4v) is 3.54. The SMILES string of the molecule is Cn1c(CNC(=O)c2ccc(NC(=O)c3cccs3)cc2)nc2ccccc21. The number of imidazole rings is 1. The van der Waals surface area contributed by atoms with Crippen LogP contribution in [0.1, 0.15) is 25.9 Å². The Labute approximate surface area is 165 Å². The van der Waals surface area contributed by atoms with Crippen LogP contribution in [-0.2, 0) is 13.6 Å². The second kappa shape index (κ2) is 7.66. The normalized spacial score (nSPS) is 10.8. The third-order valence-electron chi connectivity index (χ3n) is 4.44. The molecule has 7 heteroatoms. The van der Waals surface area contributed by atoms with Crippen LogP contribution >= 0.6 is 11.3 Å². The standard InChI is InChI=1S/C21H18N4O2S/c1-25-17-6-3-2-5-16(17)24-19(25)13-22-20(26)14-8-10-15(11-9-14)23-21(27)18-7-4-12-28-18/h2-12H,13H2,1H3,(H,22,26)(H,23,27). The van der Waals surface area contributed by atoms with Gasteiger partial charge in [-0.2, -0.15) is 0 Å². The van der Waals surface area contributed by atoms with Gasteiger partial charge in [-0.05, 0) is 47.8 Å². The summed E-state index contributed by atoms with van der Waals surface area (Å²) in [4.78, 5) is 29.7. The fourth-order valence-electron chi connectivity index (χ4n) is 2.92. The van der Waals surface area contributed by atoms with E-state index >= 15 is 0 Å². The highest BCUT2D eigenvalue weighted by Gasteiger charge is 2.11. The summed E-state index contributed by atoms with van der Waals surface area (Å²) in [6.45, 7) is 0.334. The van der Waals surface area contributed by atoms with E-state index in [0.717, 1.165) is 16.9 Å². The summed E-state index contributed by atoms with van der Waals surface area (Å²) >= 11 is 1.38. The monoisotopic (exact) mass is 390 g/mol. The molecule has 0 unspecified atom stereocenters. The summed E-state index contributed by atoms with van der Waals surface area (Å²) in [5.41, 5.74) is 3.09. The number of carbonyl (C=O) groups is 2. The van der Waals surface area contributed by atoms with E-state index in [0.29, 0.717) is 22.7 Å². The van der Waals surface area contributed by atoms with E-state index in [4.69, 9.17) is 0 Å². The highest BCUT2D eigenvalue weighted by Crippen LogP contribution is 2.16. The van der Waals surface area contributed by atoms with Crippen LogP contribution in [0, 0.1) is 0 Å². The van der Waals surface area contributed by atoms with Crippen LogP contribution in [0.3, 0.4) is 0 Å². The molecule has 6 nitrogen and oxygen atoms in total. The summed E-state index contributed by atoms with van der Waals surface area (Å²) in [5, 5.41) is 7.56. The molecule has 140 valence electrons. The minimum atomic E-state index is -0.191. The Bertz CT molecular complexity index is 1130. The molecule has 4 rings (SSSR count). The van der Waals surface area contributed by atoms with Crippen molar-refractivity contribution in [1.29, 1.82) is 0 Å². The molecule has 2 amide bonds. The molecular weight excluding hydrogens is 372 g/mol. The molecule has 0 aliphatic rings. The first-order valence-corrected chi connectivity index (χ1v) is 9.63. The van der Waals surface area contributed by atoms with Gasteiger partial charge in [0.15, 0.2) is 0 Å². The molecule has 2 N–H and O–H groups in total. The minimum absolute atomic E-state index is 0.158. The van der Waals surface area contributed by atoms with Crippen molar-refractivity contribution in [2.24, 2.45) is 7.05 Å². The van der Waals surface area contributed by atoms with E-state index in [9.17, 15) is 9.59 Å². The van der Waals surface area contributed by atoms with Crippen LogP contribution in [0.2, 0.25) is 0 Å². The second-order valence-electron chi connectivity index (χ2n) is 6.27. The Kier molecular flexibility index (Phi) is 4.90. The fraction of sp³-hybridized carbons (Fsp3) is 0.0952. The number of para-hydroxylation sites is 2. The Morgan fingerprint density at radius 1 is 1.00 bits per heavy atom. The van der Waals surface area contributed by atoms with Crippen LogP contribution in [-0.4, -0.2) is 21.4 Å². The number of nitrogens with one attached hydrogen (secondary N) is 2. The Hall–Kier alpha value is -3.45. The molecule has 2 heterocycles. The lowest BCUT2D eigenvalue weighted by Gasteiger charge is -2.07. The van der Waals surface area contributed by atoms with Gasteiger partial charge >= 0.3 is 0 Å². The van der Waals surface area contributed by atoms with E-state index in [1.165, 1.54) is 11.3 Å². The van der Waals surface area contributed by atoms with Crippen LogP contribution in [0.15, 0.2) is 66.0 Å². The van der Waals surface area contributed by atoms with Gasteiger partial charge in [0.05, 0.1) is 22.5 Å². The van der Waals surface area contributed by atoms with Crippen molar-refractivity contribution in [2.45, 2.75) is 6.54 Å². The first kappa shape index (κ1) is 17.9. The lowest BCUT2D eigenvalue weighted by molar-refractivity contribution is 0.0949. The number of rotatable bonds is 5. The number of anilines is 1. The topological polar surface area (TPSA) is 76.0 Å². The number of nitrogens with zero attached hydrogens (tertiary/aromatic N) is 2. The van der Waals surface area contributed by atoms with Gasteiger partial charge in [0.25, 0.3) is 11.8 Å². The molecule has 28 heavy (non-hydrogen) atoms. The molecule has 0 aliphatic heterocycles. The number of carbonyl (C=O) groups excluding carboxylic acids is 2. The molecule has 0 atom stereocenters. The van der Waals surface area contributed by atoms with Crippen molar-refractivity contribution in [1.82, 2.24) is 14.9 Å². The number of amides is 2. The van der Waals surface area contributed by atoms with Crippen molar-refractivity contribution < 1.29 is 9.59 Å². The number of aryl methyl sites for hydroxylation is 1. The smallest absolute Gasteiger partial charge is 0.265 e. The quantitative estimate of drug-likeness (QED) is 0.544. The Balaban J connectivity index is 1.39. The first-order valence-electron chi connectivity index (χ1n) is 8.75. The van der Waals surface area contributed by atoms with E-state index < -0.39 is 0 Å². The van der Waals surface area contributed by atoms with E-state index in [1.54, 1.807) is 30.3 Å². The maximum atomic E-state index is 12.4. The molecule has 0 saturated heterocycles. The molecule has 2 aromatic carbocycles. The zero-order valence-electron chi connectivity index (χ0n) is 15.2. The predicted octanol–water partition coefficient (Wildman–Crippen LogP) is 3.82. The summed E-state index contributed by atoms with van der Waals surface area (Å²) < 4.78 is 1.97. The molecule has 2 aromatic heterocycles. The van der Waals surface area contributed by atoms with Crippen LogP contribution in [0.25, 0.3) is 11.0 Å². The number of hydrogen-bond acceptors (Lipinski definition) is 4.